The van der Waals surface area contributed by atoms with Crippen molar-refractivity contribution in [1.29, 1.82) is 0 Å². The van der Waals surface area contributed by atoms with Crippen LogP contribution in [0, 0.1) is 17.8 Å². The van der Waals surface area contributed by atoms with E-state index in [4.69, 9.17) is 11.5 Å². The van der Waals surface area contributed by atoms with Crippen LogP contribution in [0.4, 0.5) is 0 Å². The molecule has 5 amide bonds. The Morgan fingerprint density at radius 1 is 0.755 bits per heavy atom. The average Bonchev–Trinajstić information content (AvgIpc) is 3.49. The van der Waals surface area contributed by atoms with E-state index in [1.54, 1.807) is 13.8 Å². The van der Waals surface area contributed by atoms with Crippen LogP contribution >= 0.6 is 0 Å². The molecule has 280 valence electrons. The van der Waals surface area contributed by atoms with Crippen molar-refractivity contribution in [1.82, 2.24) is 26.2 Å². The lowest BCUT2D eigenvalue weighted by Crippen LogP contribution is -2.60. The molecule has 1 heterocycles. The number of carbonyl (C=O) groups is 7. The minimum absolute atomic E-state index is 0.0885. The Hall–Kier alpha value is -3.79. The van der Waals surface area contributed by atoms with E-state index >= 15 is 0 Å². The Labute approximate surface area is 289 Å². The standard InChI is InChI=1S/C33H59N7O9/c1-18(2)16-21(35)28(43)39-27(20(5)6)31(46)38-24(17-19(3)4)29(44)36-22(12-13-26(41)42)32(47)40-15-9-11-25(40)30(45)37-23(33(48)49)10-7-8-14-34/h18-25,27H,7-17,34-35H2,1-6H3,(H,36,44)(H,37,45)(H,38,46)(H,39,43)(H,41,42)(H,48,49)/t21-,22-,23-,24-,25-,27-/m0/s1. The normalized spacial score (nSPS) is 17.6. The van der Waals surface area contributed by atoms with E-state index in [0.29, 0.717) is 32.2 Å². The van der Waals surface area contributed by atoms with Gasteiger partial charge in [-0.25, -0.2) is 4.79 Å². The van der Waals surface area contributed by atoms with Gasteiger partial charge in [0.2, 0.25) is 29.5 Å². The summed E-state index contributed by atoms with van der Waals surface area (Å²) < 4.78 is 0. The number of rotatable bonds is 22. The average molecular weight is 698 g/mol. The first-order valence-corrected chi connectivity index (χ1v) is 17.3. The molecule has 1 rings (SSSR count). The van der Waals surface area contributed by atoms with Gasteiger partial charge >= 0.3 is 11.9 Å². The Balaban J connectivity index is 3.20. The highest BCUT2D eigenvalue weighted by molar-refractivity contribution is 5.96. The van der Waals surface area contributed by atoms with E-state index in [2.05, 4.69) is 21.3 Å². The highest BCUT2D eigenvalue weighted by Crippen LogP contribution is 2.21. The van der Waals surface area contributed by atoms with Gasteiger partial charge in [0.15, 0.2) is 0 Å². The molecule has 1 aliphatic heterocycles. The molecule has 1 aliphatic rings. The number of nitrogens with two attached hydrogens (primary N) is 2. The van der Waals surface area contributed by atoms with Crippen molar-refractivity contribution in [3.8, 4) is 0 Å². The monoisotopic (exact) mass is 697 g/mol. The van der Waals surface area contributed by atoms with Crippen molar-refractivity contribution in [2.75, 3.05) is 13.1 Å². The van der Waals surface area contributed by atoms with Gasteiger partial charge in [-0.2, -0.15) is 0 Å². The molecule has 0 spiro atoms. The van der Waals surface area contributed by atoms with E-state index in [1.807, 2.05) is 27.7 Å². The number of nitrogens with zero attached hydrogens (tertiary/aromatic N) is 1. The van der Waals surface area contributed by atoms with Crippen molar-refractivity contribution >= 4 is 41.5 Å². The van der Waals surface area contributed by atoms with Crippen molar-refractivity contribution in [3.63, 3.8) is 0 Å². The fourth-order valence-electron chi connectivity index (χ4n) is 5.69. The SMILES string of the molecule is CC(C)C[C@H](NC(=O)[C@@H](NC(=O)[C@@H](N)CC(C)C)C(C)C)C(=O)N[C@@H](CCC(=O)O)C(=O)N1CCC[C@H]1C(=O)N[C@@H](CCCCN)C(=O)O. The van der Waals surface area contributed by atoms with Crippen molar-refractivity contribution in [2.45, 2.75) is 136 Å². The molecule has 0 saturated carbocycles. The lowest BCUT2D eigenvalue weighted by atomic mass is 9.98. The number of amides is 5. The third-order valence-electron chi connectivity index (χ3n) is 8.31. The summed E-state index contributed by atoms with van der Waals surface area (Å²) in [4.78, 5) is 91.4. The van der Waals surface area contributed by atoms with Gasteiger partial charge in [-0.3, -0.25) is 28.8 Å². The van der Waals surface area contributed by atoms with Crippen LogP contribution in [0.5, 0.6) is 0 Å². The van der Waals surface area contributed by atoms with E-state index in [-0.39, 0.29) is 50.0 Å². The van der Waals surface area contributed by atoms with E-state index in [1.165, 1.54) is 4.90 Å². The Morgan fingerprint density at radius 2 is 1.37 bits per heavy atom. The van der Waals surface area contributed by atoms with Gasteiger partial charge in [-0.15, -0.1) is 0 Å². The van der Waals surface area contributed by atoms with Gasteiger partial charge in [-0.1, -0.05) is 41.5 Å². The smallest absolute Gasteiger partial charge is 0.326 e. The summed E-state index contributed by atoms with van der Waals surface area (Å²) in [5, 5.41) is 29.5. The second-order valence-corrected chi connectivity index (χ2v) is 14.0. The number of nitrogens with one attached hydrogen (secondary N) is 4. The number of hydrogen-bond acceptors (Lipinski definition) is 9. The molecular weight excluding hydrogens is 638 g/mol. The third-order valence-corrected chi connectivity index (χ3v) is 8.31. The summed E-state index contributed by atoms with van der Waals surface area (Å²) in [5.41, 5.74) is 11.5. The molecule has 1 saturated heterocycles. The zero-order valence-corrected chi connectivity index (χ0v) is 29.8. The Kier molecular flexibility index (Phi) is 18.8. The van der Waals surface area contributed by atoms with E-state index in [0.717, 1.165) is 0 Å². The molecule has 0 aromatic rings. The zero-order valence-electron chi connectivity index (χ0n) is 29.8. The van der Waals surface area contributed by atoms with Gasteiger partial charge in [0.05, 0.1) is 6.04 Å². The second-order valence-electron chi connectivity index (χ2n) is 14.0. The highest BCUT2D eigenvalue weighted by atomic mass is 16.4. The summed E-state index contributed by atoms with van der Waals surface area (Å²) in [6.45, 7) is 11.5. The minimum atomic E-state index is -1.35. The molecule has 0 unspecified atom stereocenters. The Morgan fingerprint density at radius 3 is 1.90 bits per heavy atom. The summed E-state index contributed by atoms with van der Waals surface area (Å²) in [6.07, 6.45) is 1.72. The van der Waals surface area contributed by atoms with Crippen molar-refractivity contribution in [3.05, 3.63) is 0 Å². The van der Waals surface area contributed by atoms with Crippen molar-refractivity contribution in [2.24, 2.45) is 29.2 Å². The van der Waals surface area contributed by atoms with Gasteiger partial charge < -0.3 is 47.8 Å². The van der Waals surface area contributed by atoms with Gasteiger partial charge in [0.1, 0.15) is 30.2 Å². The van der Waals surface area contributed by atoms with Gasteiger partial charge in [-0.05, 0) is 75.7 Å². The summed E-state index contributed by atoms with van der Waals surface area (Å²) >= 11 is 0. The molecular formula is C33H59N7O9. The molecule has 16 nitrogen and oxygen atoms in total. The topological polar surface area (TPSA) is 263 Å². The lowest BCUT2D eigenvalue weighted by molar-refractivity contribution is -0.145. The van der Waals surface area contributed by atoms with Gasteiger partial charge in [0, 0.05) is 13.0 Å². The molecule has 0 aromatic heterocycles. The lowest BCUT2D eigenvalue weighted by Gasteiger charge is -2.31. The first-order chi connectivity index (χ1) is 22.9. The minimum Gasteiger partial charge on any atom is -0.481 e. The molecule has 0 aromatic carbocycles. The number of carboxylic acid groups (broad SMARTS) is 2. The summed E-state index contributed by atoms with van der Waals surface area (Å²) in [5.74, 6) is -5.92. The van der Waals surface area contributed by atoms with E-state index in [9.17, 15) is 43.8 Å². The Bertz CT molecular complexity index is 1150. The number of unbranched alkanes of at least 4 members (excludes halogenated alkanes) is 1. The van der Waals surface area contributed by atoms with Crippen LogP contribution in [0.15, 0.2) is 0 Å². The van der Waals surface area contributed by atoms with E-state index < -0.39 is 84.1 Å². The second kappa shape index (κ2) is 21.3. The molecule has 10 N–H and O–H groups in total. The quantitative estimate of drug-likeness (QED) is 0.0702. The zero-order chi connectivity index (χ0) is 37.4. The predicted octanol–water partition coefficient (Wildman–Crippen LogP) is 0.0705. The van der Waals surface area contributed by atoms with Crippen molar-refractivity contribution < 1.29 is 43.8 Å². The third kappa shape index (κ3) is 15.1. The van der Waals surface area contributed by atoms with Crippen LogP contribution in [-0.2, 0) is 33.6 Å². The fourth-order valence-corrected chi connectivity index (χ4v) is 5.69. The first-order valence-electron chi connectivity index (χ1n) is 17.3. The summed E-state index contributed by atoms with van der Waals surface area (Å²) in [6, 6.07) is -6.52. The van der Waals surface area contributed by atoms with Crippen LogP contribution in [0.2, 0.25) is 0 Å². The highest BCUT2D eigenvalue weighted by Gasteiger charge is 2.40. The fraction of sp³-hybridized carbons (Fsp3) is 0.788. The molecule has 0 radical (unpaired) electrons. The number of carboxylic acids is 2. The maximum Gasteiger partial charge on any atom is 0.326 e. The molecule has 1 fully saturated rings. The number of aliphatic carboxylic acids is 2. The maximum atomic E-state index is 13.8. The molecule has 6 atom stereocenters. The van der Waals surface area contributed by atoms with Crippen LogP contribution < -0.4 is 32.7 Å². The molecule has 0 aliphatic carbocycles. The maximum absolute atomic E-state index is 13.8. The summed E-state index contributed by atoms with van der Waals surface area (Å²) in [7, 11) is 0. The largest absolute Gasteiger partial charge is 0.481 e. The number of likely N-dealkylation sites (tertiary alicyclic amines) is 1. The van der Waals surface area contributed by atoms with Crippen LogP contribution in [0.3, 0.4) is 0 Å². The predicted molar refractivity (Wildman–Crippen MR) is 182 cm³/mol. The number of hydrogen-bond donors (Lipinski definition) is 8. The molecule has 49 heavy (non-hydrogen) atoms. The van der Waals surface area contributed by atoms with Crippen LogP contribution in [0.1, 0.15) is 99.3 Å². The van der Waals surface area contributed by atoms with Crippen LogP contribution in [0.25, 0.3) is 0 Å². The molecule has 0 bridgehead atoms. The molecule has 16 heteroatoms. The van der Waals surface area contributed by atoms with Gasteiger partial charge in [0.25, 0.3) is 0 Å². The van der Waals surface area contributed by atoms with Crippen LogP contribution in [-0.4, -0.2) is 106 Å². The first kappa shape index (κ1) is 43.2. The number of carbonyl (C=O) groups excluding carboxylic acids is 5.